The van der Waals surface area contributed by atoms with Gasteiger partial charge < -0.3 is 4.90 Å². The summed E-state index contributed by atoms with van der Waals surface area (Å²) in [7, 11) is 0. The third-order valence-corrected chi connectivity index (χ3v) is 4.88. The van der Waals surface area contributed by atoms with E-state index in [1.54, 1.807) is 35.6 Å². The van der Waals surface area contributed by atoms with Crippen molar-refractivity contribution in [2.75, 3.05) is 24.5 Å². The van der Waals surface area contributed by atoms with Crippen molar-refractivity contribution < 1.29 is 9.59 Å². The summed E-state index contributed by atoms with van der Waals surface area (Å²) in [5.41, 5.74) is 0.437. The van der Waals surface area contributed by atoms with E-state index < -0.39 is 0 Å². The van der Waals surface area contributed by atoms with Crippen molar-refractivity contribution in [2.24, 2.45) is 5.41 Å². The molecule has 122 valence electrons. The van der Waals surface area contributed by atoms with Gasteiger partial charge in [0.2, 0.25) is 5.91 Å². The summed E-state index contributed by atoms with van der Waals surface area (Å²) in [6.07, 6.45) is 6.25. The molecule has 4 rings (SSSR count). The van der Waals surface area contributed by atoms with Crippen LogP contribution in [0.5, 0.6) is 0 Å². The molecule has 6 heteroatoms. The van der Waals surface area contributed by atoms with Crippen molar-refractivity contribution in [2.45, 2.75) is 12.8 Å². The number of aromatic nitrogens is 2. The van der Waals surface area contributed by atoms with Crippen LogP contribution in [0.4, 0.5) is 5.82 Å². The molecule has 0 unspecified atom stereocenters. The number of nitrogens with zero attached hydrogens (tertiary/aromatic N) is 4. The molecular weight excluding hydrogens is 304 g/mol. The van der Waals surface area contributed by atoms with Crippen LogP contribution in [0.2, 0.25) is 0 Å². The molecule has 2 aromatic heterocycles. The average molecular weight is 322 g/mol. The molecular formula is C18H18N4O2. The second kappa shape index (κ2) is 5.70. The highest BCUT2D eigenvalue weighted by atomic mass is 16.2. The molecule has 0 bridgehead atoms. The molecule has 2 aliphatic rings. The van der Waals surface area contributed by atoms with Gasteiger partial charge in [0.1, 0.15) is 5.82 Å². The van der Waals surface area contributed by atoms with Crippen molar-refractivity contribution >= 4 is 17.6 Å². The first-order chi connectivity index (χ1) is 11.7. The predicted molar refractivity (Wildman–Crippen MR) is 88.4 cm³/mol. The van der Waals surface area contributed by atoms with Crippen LogP contribution in [-0.2, 0) is 4.79 Å². The molecule has 2 saturated heterocycles. The number of hydrogen-bond acceptors (Lipinski definition) is 4. The molecule has 0 aromatic carbocycles. The molecule has 2 aromatic rings. The van der Waals surface area contributed by atoms with Crippen LogP contribution < -0.4 is 4.90 Å². The Bertz CT molecular complexity index is 765. The fourth-order valence-corrected chi connectivity index (χ4v) is 3.67. The summed E-state index contributed by atoms with van der Waals surface area (Å²) < 4.78 is 0. The fourth-order valence-electron chi connectivity index (χ4n) is 3.67. The van der Waals surface area contributed by atoms with E-state index in [4.69, 9.17) is 0 Å². The molecule has 2 amide bonds. The second-order valence-electron chi connectivity index (χ2n) is 6.56. The molecule has 1 spiro atoms. The van der Waals surface area contributed by atoms with Gasteiger partial charge in [-0.3, -0.25) is 19.5 Å². The molecule has 0 saturated carbocycles. The lowest BCUT2D eigenvalue weighted by atomic mass is 9.86. The summed E-state index contributed by atoms with van der Waals surface area (Å²) >= 11 is 0. The van der Waals surface area contributed by atoms with Crippen molar-refractivity contribution in [3.05, 3.63) is 54.5 Å². The molecule has 2 aliphatic heterocycles. The van der Waals surface area contributed by atoms with Crippen molar-refractivity contribution in [3.8, 4) is 0 Å². The zero-order valence-corrected chi connectivity index (χ0v) is 13.3. The van der Waals surface area contributed by atoms with Gasteiger partial charge in [0, 0.05) is 50.1 Å². The van der Waals surface area contributed by atoms with Crippen molar-refractivity contribution in [3.63, 3.8) is 0 Å². The Hall–Kier alpha value is -2.76. The maximum Gasteiger partial charge on any atom is 0.255 e. The van der Waals surface area contributed by atoms with Gasteiger partial charge in [-0.25, -0.2) is 4.98 Å². The van der Waals surface area contributed by atoms with E-state index in [-0.39, 0.29) is 17.2 Å². The van der Waals surface area contributed by atoms with Crippen LogP contribution in [0.25, 0.3) is 0 Å². The van der Waals surface area contributed by atoms with E-state index in [0.29, 0.717) is 37.4 Å². The van der Waals surface area contributed by atoms with Crippen LogP contribution in [0, 0.1) is 5.41 Å². The number of anilines is 1. The molecule has 2 fully saturated rings. The Kier molecular flexibility index (Phi) is 3.52. The van der Waals surface area contributed by atoms with E-state index in [1.807, 2.05) is 23.1 Å². The van der Waals surface area contributed by atoms with Crippen molar-refractivity contribution in [1.29, 1.82) is 0 Å². The monoisotopic (exact) mass is 322 g/mol. The fraction of sp³-hybridized carbons (Fsp3) is 0.333. The Morgan fingerprint density at radius 3 is 2.79 bits per heavy atom. The van der Waals surface area contributed by atoms with Crippen LogP contribution in [0.15, 0.2) is 48.9 Å². The molecule has 0 N–H and O–H groups in total. The Morgan fingerprint density at radius 2 is 2.04 bits per heavy atom. The molecule has 0 radical (unpaired) electrons. The number of likely N-dealkylation sites (tertiary alicyclic amines) is 1. The molecule has 6 nitrogen and oxygen atoms in total. The van der Waals surface area contributed by atoms with Gasteiger partial charge in [-0.1, -0.05) is 6.07 Å². The van der Waals surface area contributed by atoms with Crippen LogP contribution >= 0.6 is 0 Å². The number of hydrogen-bond donors (Lipinski definition) is 0. The molecule has 0 aliphatic carbocycles. The number of carbonyl (C=O) groups is 2. The Labute approximate surface area is 140 Å². The topological polar surface area (TPSA) is 66.4 Å². The third-order valence-electron chi connectivity index (χ3n) is 4.88. The zero-order chi connectivity index (χ0) is 16.6. The first-order valence-corrected chi connectivity index (χ1v) is 8.08. The summed E-state index contributed by atoms with van der Waals surface area (Å²) in [6, 6.07) is 9.11. The lowest BCUT2D eigenvalue weighted by molar-refractivity contribution is -0.117. The van der Waals surface area contributed by atoms with Gasteiger partial charge in [-0.15, -0.1) is 0 Å². The van der Waals surface area contributed by atoms with Gasteiger partial charge in [-0.05, 0) is 30.7 Å². The van der Waals surface area contributed by atoms with Gasteiger partial charge >= 0.3 is 0 Å². The normalized spacial score (nSPS) is 23.2. The van der Waals surface area contributed by atoms with Gasteiger partial charge in [-0.2, -0.15) is 0 Å². The quantitative estimate of drug-likeness (QED) is 0.845. The highest BCUT2D eigenvalue weighted by molar-refractivity contribution is 5.97. The molecule has 4 heterocycles. The first-order valence-electron chi connectivity index (χ1n) is 8.08. The van der Waals surface area contributed by atoms with E-state index in [1.165, 1.54) is 0 Å². The maximum absolute atomic E-state index is 12.6. The van der Waals surface area contributed by atoms with Gasteiger partial charge in [0.05, 0.1) is 5.56 Å². The maximum atomic E-state index is 12.6. The minimum absolute atomic E-state index is 0.0105. The highest BCUT2D eigenvalue weighted by Gasteiger charge is 2.49. The zero-order valence-electron chi connectivity index (χ0n) is 13.3. The summed E-state index contributed by atoms with van der Waals surface area (Å²) in [6.45, 7) is 1.91. The Morgan fingerprint density at radius 1 is 1.12 bits per heavy atom. The smallest absolute Gasteiger partial charge is 0.255 e. The number of pyridine rings is 2. The molecule has 24 heavy (non-hydrogen) atoms. The van der Waals surface area contributed by atoms with Crippen LogP contribution in [0.3, 0.4) is 0 Å². The molecule has 1 atom stereocenters. The van der Waals surface area contributed by atoms with Crippen LogP contribution in [0.1, 0.15) is 23.2 Å². The average Bonchev–Trinajstić information content (AvgIpc) is 3.19. The standard InChI is InChI=1S/C18H18N4O2/c23-16-10-18(13-22(16)15-5-1-2-8-20-15)6-9-21(12-18)17(24)14-4-3-7-19-11-14/h1-5,7-8,11H,6,9-10,12-13H2/t18-/m1/s1. The SMILES string of the molecule is O=C(c1cccnc1)N1CC[C@@]2(CC(=O)N(c3ccccn3)C2)C1. The minimum atomic E-state index is -0.160. The number of carbonyl (C=O) groups excluding carboxylic acids is 2. The summed E-state index contributed by atoms with van der Waals surface area (Å²) in [5.74, 6) is 0.768. The highest BCUT2D eigenvalue weighted by Crippen LogP contribution is 2.41. The van der Waals surface area contributed by atoms with E-state index in [0.717, 1.165) is 6.42 Å². The van der Waals surface area contributed by atoms with Gasteiger partial charge in [0.25, 0.3) is 5.91 Å². The van der Waals surface area contributed by atoms with Crippen molar-refractivity contribution in [1.82, 2.24) is 14.9 Å². The van der Waals surface area contributed by atoms with E-state index in [2.05, 4.69) is 9.97 Å². The third kappa shape index (κ3) is 2.54. The largest absolute Gasteiger partial charge is 0.338 e. The first kappa shape index (κ1) is 14.8. The van der Waals surface area contributed by atoms with Gasteiger partial charge in [0.15, 0.2) is 0 Å². The van der Waals surface area contributed by atoms with E-state index in [9.17, 15) is 9.59 Å². The minimum Gasteiger partial charge on any atom is -0.338 e. The lowest BCUT2D eigenvalue weighted by Crippen LogP contribution is -2.34. The predicted octanol–water partition coefficient (Wildman–Crippen LogP) is 1.75. The Balaban J connectivity index is 1.50. The van der Waals surface area contributed by atoms with Crippen LogP contribution in [-0.4, -0.2) is 46.3 Å². The van der Waals surface area contributed by atoms with E-state index >= 15 is 0 Å². The number of amides is 2. The summed E-state index contributed by atoms with van der Waals surface area (Å²) in [5, 5.41) is 0. The lowest BCUT2D eigenvalue weighted by Gasteiger charge is -2.23. The summed E-state index contributed by atoms with van der Waals surface area (Å²) in [4.78, 5) is 36.9. The number of rotatable bonds is 2. The second-order valence-corrected chi connectivity index (χ2v) is 6.56.